The Morgan fingerprint density at radius 3 is 2.58 bits per heavy atom. The number of anilines is 1. The average Bonchev–Trinajstić information content (AvgIpc) is 2.85. The Morgan fingerprint density at radius 1 is 1.26 bits per heavy atom. The van der Waals surface area contributed by atoms with Gasteiger partial charge in [0.1, 0.15) is 11.3 Å². The van der Waals surface area contributed by atoms with Crippen LogP contribution in [0, 0.1) is 6.92 Å². The third-order valence-corrected chi connectivity index (χ3v) is 2.64. The van der Waals surface area contributed by atoms with Crippen molar-refractivity contribution < 1.29 is 18.8 Å². The quantitative estimate of drug-likeness (QED) is 0.914. The summed E-state index contributed by atoms with van der Waals surface area (Å²) in [5.74, 6) is 1.33. The number of hydrogen-bond acceptors (Lipinski definition) is 5. The molecule has 2 aromatic rings. The summed E-state index contributed by atoms with van der Waals surface area (Å²) in [5.41, 5.74) is 0.998. The number of hydrogen-bond donors (Lipinski definition) is 1. The predicted molar refractivity (Wildman–Crippen MR) is 68.7 cm³/mol. The maximum absolute atomic E-state index is 12.0. The zero-order valence-electron chi connectivity index (χ0n) is 10.9. The molecule has 0 aliphatic rings. The molecule has 6 nitrogen and oxygen atoms in total. The van der Waals surface area contributed by atoms with Crippen molar-refractivity contribution in [3.05, 3.63) is 35.7 Å². The molecule has 1 N–H and O–H groups in total. The van der Waals surface area contributed by atoms with Crippen LogP contribution in [0.15, 0.2) is 28.9 Å². The average molecular weight is 262 g/mol. The number of rotatable bonds is 4. The van der Waals surface area contributed by atoms with Gasteiger partial charge in [-0.15, -0.1) is 0 Å². The molecule has 0 radical (unpaired) electrons. The third-order valence-electron chi connectivity index (χ3n) is 2.64. The molecule has 6 heteroatoms. The normalized spacial score (nSPS) is 10.1. The molecular formula is C13H14N2O4. The molecule has 0 aliphatic carbocycles. The van der Waals surface area contributed by atoms with Crippen LogP contribution < -0.4 is 14.8 Å². The first-order valence-electron chi connectivity index (χ1n) is 5.60. The van der Waals surface area contributed by atoms with Gasteiger partial charge >= 0.3 is 0 Å². The van der Waals surface area contributed by atoms with E-state index in [9.17, 15) is 4.79 Å². The van der Waals surface area contributed by atoms with Gasteiger partial charge in [-0.1, -0.05) is 5.16 Å². The molecule has 0 unspecified atom stereocenters. The Kier molecular flexibility index (Phi) is 3.70. The number of ether oxygens (including phenoxy) is 2. The van der Waals surface area contributed by atoms with Gasteiger partial charge in [-0.2, -0.15) is 0 Å². The molecule has 1 amide bonds. The van der Waals surface area contributed by atoms with E-state index in [1.807, 2.05) is 0 Å². The van der Waals surface area contributed by atoms with E-state index >= 15 is 0 Å². The number of nitrogens with one attached hydrogen (secondary N) is 1. The van der Waals surface area contributed by atoms with Gasteiger partial charge in [0.25, 0.3) is 5.91 Å². The van der Waals surface area contributed by atoms with Crippen LogP contribution in [-0.4, -0.2) is 25.3 Å². The number of carbonyl (C=O) groups excluding carboxylic acids is 1. The van der Waals surface area contributed by atoms with Crippen LogP contribution in [0.1, 0.15) is 16.1 Å². The summed E-state index contributed by atoms with van der Waals surface area (Å²) in [4.78, 5) is 12.0. The first-order valence-corrected chi connectivity index (χ1v) is 5.60. The molecule has 0 spiro atoms. The Hall–Kier alpha value is -2.50. The molecule has 0 bridgehead atoms. The molecule has 1 aromatic heterocycles. The third kappa shape index (κ3) is 2.67. The molecule has 0 atom stereocenters. The van der Waals surface area contributed by atoms with E-state index < -0.39 is 0 Å². The molecule has 100 valence electrons. The van der Waals surface area contributed by atoms with Crippen molar-refractivity contribution in [2.24, 2.45) is 0 Å². The Labute approximate surface area is 110 Å². The zero-order valence-corrected chi connectivity index (χ0v) is 10.9. The van der Waals surface area contributed by atoms with Crippen molar-refractivity contribution >= 4 is 11.6 Å². The molecular weight excluding hydrogens is 248 g/mol. The minimum atomic E-state index is -0.286. The summed E-state index contributed by atoms with van der Waals surface area (Å²) in [6.07, 6.45) is 1.38. The molecule has 2 rings (SSSR count). The van der Waals surface area contributed by atoms with Crippen LogP contribution >= 0.6 is 0 Å². The topological polar surface area (TPSA) is 73.6 Å². The molecule has 0 saturated carbocycles. The summed E-state index contributed by atoms with van der Waals surface area (Å²) in [6.45, 7) is 1.68. The van der Waals surface area contributed by atoms with E-state index in [4.69, 9.17) is 14.0 Å². The summed E-state index contributed by atoms with van der Waals surface area (Å²) in [7, 11) is 3.09. The lowest BCUT2D eigenvalue weighted by molar-refractivity contribution is 0.102. The Bertz CT molecular complexity index is 592. The number of methoxy groups -OCH3 is 2. The smallest absolute Gasteiger partial charge is 0.260 e. The van der Waals surface area contributed by atoms with E-state index in [1.54, 1.807) is 32.2 Å². The summed E-state index contributed by atoms with van der Waals surface area (Å²) in [6, 6.07) is 5.12. The molecule has 0 fully saturated rings. The van der Waals surface area contributed by atoms with Gasteiger partial charge in [0.05, 0.1) is 20.4 Å². The fourth-order valence-electron chi connectivity index (χ4n) is 1.63. The van der Waals surface area contributed by atoms with Crippen molar-refractivity contribution in [2.45, 2.75) is 6.92 Å². The number of amides is 1. The maximum Gasteiger partial charge on any atom is 0.260 e. The number of carbonyl (C=O) groups is 1. The van der Waals surface area contributed by atoms with Crippen LogP contribution in [0.25, 0.3) is 0 Å². The van der Waals surface area contributed by atoms with Gasteiger partial charge in [0, 0.05) is 11.8 Å². The Morgan fingerprint density at radius 2 is 2.00 bits per heavy atom. The summed E-state index contributed by atoms with van der Waals surface area (Å²) >= 11 is 0. The van der Waals surface area contributed by atoms with Crippen LogP contribution in [-0.2, 0) is 0 Å². The number of aryl methyl sites for hydroxylation is 1. The molecule has 1 aromatic carbocycles. The van der Waals surface area contributed by atoms with Gasteiger partial charge in [-0.3, -0.25) is 4.79 Å². The standard InChI is InChI=1S/C13H14N2O4/c1-8-10(7-14-19-8)13(16)15-9-4-5-11(17-2)12(6-9)18-3/h4-7H,1-3H3,(H,15,16). The van der Waals surface area contributed by atoms with Crippen molar-refractivity contribution in [1.82, 2.24) is 5.16 Å². The minimum absolute atomic E-state index is 0.286. The highest BCUT2D eigenvalue weighted by atomic mass is 16.5. The van der Waals surface area contributed by atoms with E-state index in [1.165, 1.54) is 13.3 Å². The van der Waals surface area contributed by atoms with Gasteiger partial charge < -0.3 is 19.3 Å². The second-order valence-electron chi connectivity index (χ2n) is 3.82. The number of aromatic nitrogens is 1. The number of nitrogens with zero attached hydrogens (tertiary/aromatic N) is 1. The second-order valence-corrected chi connectivity index (χ2v) is 3.82. The summed E-state index contributed by atoms with van der Waals surface area (Å²) < 4.78 is 15.1. The fourth-order valence-corrected chi connectivity index (χ4v) is 1.63. The highest BCUT2D eigenvalue weighted by Crippen LogP contribution is 2.29. The molecule has 1 heterocycles. The van der Waals surface area contributed by atoms with Gasteiger partial charge in [-0.05, 0) is 19.1 Å². The van der Waals surface area contributed by atoms with Gasteiger partial charge in [-0.25, -0.2) is 0 Å². The molecule has 19 heavy (non-hydrogen) atoms. The Balaban J connectivity index is 2.20. The van der Waals surface area contributed by atoms with Crippen molar-refractivity contribution in [2.75, 3.05) is 19.5 Å². The van der Waals surface area contributed by atoms with Crippen LogP contribution in [0.2, 0.25) is 0 Å². The first kappa shape index (κ1) is 12.9. The lowest BCUT2D eigenvalue weighted by Gasteiger charge is -2.10. The lowest BCUT2D eigenvalue weighted by Crippen LogP contribution is -2.12. The minimum Gasteiger partial charge on any atom is -0.493 e. The molecule has 0 saturated heterocycles. The van der Waals surface area contributed by atoms with Gasteiger partial charge in [0.2, 0.25) is 0 Å². The van der Waals surface area contributed by atoms with E-state index in [2.05, 4.69) is 10.5 Å². The summed E-state index contributed by atoms with van der Waals surface area (Å²) in [5, 5.41) is 6.30. The SMILES string of the molecule is COc1ccc(NC(=O)c2cnoc2C)cc1OC. The van der Waals surface area contributed by atoms with Crippen LogP contribution in [0.5, 0.6) is 11.5 Å². The molecule has 0 aliphatic heterocycles. The second kappa shape index (κ2) is 5.43. The van der Waals surface area contributed by atoms with E-state index in [0.29, 0.717) is 28.5 Å². The van der Waals surface area contributed by atoms with Crippen molar-refractivity contribution in [3.63, 3.8) is 0 Å². The van der Waals surface area contributed by atoms with Gasteiger partial charge in [0.15, 0.2) is 11.5 Å². The highest BCUT2D eigenvalue weighted by molar-refractivity contribution is 6.04. The monoisotopic (exact) mass is 262 g/mol. The van der Waals surface area contributed by atoms with E-state index in [0.717, 1.165) is 0 Å². The van der Waals surface area contributed by atoms with E-state index in [-0.39, 0.29) is 5.91 Å². The van der Waals surface area contributed by atoms with Crippen LogP contribution in [0.3, 0.4) is 0 Å². The lowest BCUT2D eigenvalue weighted by atomic mass is 10.2. The highest BCUT2D eigenvalue weighted by Gasteiger charge is 2.14. The predicted octanol–water partition coefficient (Wildman–Crippen LogP) is 2.25. The number of benzene rings is 1. The van der Waals surface area contributed by atoms with Crippen molar-refractivity contribution in [3.8, 4) is 11.5 Å². The largest absolute Gasteiger partial charge is 0.493 e. The zero-order chi connectivity index (χ0) is 13.8. The maximum atomic E-state index is 12.0. The van der Waals surface area contributed by atoms with Crippen LogP contribution in [0.4, 0.5) is 5.69 Å². The van der Waals surface area contributed by atoms with Crippen molar-refractivity contribution in [1.29, 1.82) is 0 Å². The fraction of sp³-hybridized carbons (Fsp3) is 0.231. The first-order chi connectivity index (χ1) is 9.15.